The molecule has 0 aliphatic heterocycles. The lowest BCUT2D eigenvalue weighted by Crippen LogP contribution is -2.28. The highest BCUT2D eigenvalue weighted by Crippen LogP contribution is 2.27. The van der Waals surface area contributed by atoms with Crippen LogP contribution in [-0.4, -0.2) is 6.04 Å². The Kier molecular flexibility index (Phi) is 7.51. The Morgan fingerprint density at radius 1 is 0.885 bits per heavy atom. The normalized spacial score (nSPS) is 15.7. The van der Waals surface area contributed by atoms with Gasteiger partial charge in [0.15, 0.2) is 0 Å². The van der Waals surface area contributed by atoms with Gasteiger partial charge in [0, 0.05) is 23.2 Å². The molecule has 1 aliphatic carbocycles. The number of halogens is 3. The highest BCUT2D eigenvalue weighted by atomic mass is 35.5. The molecule has 1 aliphatic rings. The topological polar surface area (TPSA) is 21.3 Å². The van der Waals surface area contributed by atoms with Gasteiger partial charge >= 0.3 is 0 Å². The summed E-state index contributed by atoms with van der Waals surface area (Å²) in [6.45, 7) is 1.21. The predicted molar refractivity (Wildman–Crippen MR) is 111 cm³/mol. The van der Waals surface area contributed by atoms with Crippen LogP contribution in [0.25, 0.3) is 0 Å². The van der Waals surface area contributed by atoms with Gasteiger partial charge in [0.05, 0.1) is 10.0 Å². The Labute approximate surface area is 170 Å². The van der Waals surface area contributed by atoms with Crippen molar-refractivity contribution < 1.29 is 4.74 Å². The minimum absolute atomic E-state index is 0.439. The molecule has 0 heterocycles. The molecule has 0 aromatic heterocycles. The number of ether oxygens (including phenoxy) is 1. The van der Waals surface area contributed by atoms with Gasteiger partial charge in [-0.2, -0.15) is 0 Å². The van der Waals surface area contributed by atoms with Crippen LogP contribution >= 0.6 is 34.8 Å². The SMILES string of the molecule is Clc1ccc(OCc2ccc(Cl)c(Cl)c2)c(CNC2CCCCCC2)c1. The van der Waals surface area contributed by atoms with E-state index in [0.29, 0.717) is 22.7 Å². The van der Waals surface area contributed by atoms with E-state index in [9.17, 15) is 0 Å². The Morgan fingerprint density at radius 2 is 1.65 bits per heavy atom. The van der Waals surface area contributed by atoms with Crippen LogP contribution in [0.4, 0.5) is 0 Å². The van der Waals surface area contributed by atoms with Gasteiger partial charge in [0.2, 0.25) is 0 Å². The fourth-order valence-electron chi connectivity index (χ4n) is 3.36. The van der Waals surface area contributed by atoms with Crippen molar-refractivity contribution in [3.63, 3.8) is 0 Å². The third-order valence-corrected chi connectivity index (χ3v) is 5.81. The van der Waals surface area contributed by atoms with Crippen molar-refractivity contribution in [2.45, 2.75) is 57.7 Å². The lowest BCUT2D eigenvalue weighted by Gasteiger charge is -2.18. The quantitative estimate of drug-likeness (QED) is 0.514. The number of nitrogens with one attached hydrogen (secondary N) is 1. The predicted octanol–water partition coefficient (Wildman–Crippen LogP) is 7.04. The van der Waals surface area contributed by atoms with E-state index in [1.165, 1.54) is 38.5 Å². The van der Waals surface area contributed by atoms with E-state index < -0.39 is 0 Å². The molecule has 0 bridgehead atoms. The van der Waals surface area contributed by atoms with Crippen LogP contribution in [0, 0.1) is 0 Å². The van der Waals surface area contributed by atoms with Crippen LogP contribution in [-0.2, 0) is 13.2 Å². The molecule has 0 saturated heterocycles. The van der Waals surface area contributed by atoms with Crippen molar-refractivity contribution in [1.82, 2.24) is 5.32 Å². The Balaban J connectivity index is 1.64. The van der Waals surface area contributed by atoms with E-state index in [1.807, 2.05) is 30.3 Å². The van der Waals surface area contributed by atoms with Crippen LogP contribution in [0.1, 0.15) is 49.7 Å². The van der Waals surface area contributed by atoms with E-state index in [2.05, 4.69) is 5.32 Å². The second kappa shape index (κ2) is 9.85. The Hall–Kier alpha value is -0.930. The van der Waals surface area contributed by atoms with Gasteiger partial charge < -0.3 is 10.1 Å². The van der Waals surface area contributed by atoms with Crippen LogP contribution in [0.5, 0.6) is 5.75 Å². The summed E-state index contributed by atoms with van der Waals surface area (Å²) in [4.78, 5) is 0. The Bertz CT molecular complexity index is 727. The van der Waals surface area contributed by atoms with Crippen molar-refractivity contribution in [3.05, 3.63) is 62.6 Å². The molecule has 0 unspecified atom stereocenters. The molecule has 2 nitrogen and oxygen atoms in total. The van der Waals surface area contributed by atoms with Gasteiger partial charge in [-0.1, -0.05) is 66.6 Å². The Morgan fingerprint density at radius 3 is 2.38 bits per heavy atom. The number of hydrogen-bond acceptors (Lipinski definition) is 2. The van der Waals surface area contributed by atoms with Crippen LogP contribution in [0.2, 0.25) is 15.1 Å². The van der Waals surface area contributed by atoms with Crippen molar-refractivity contribution in [3.8, 4) is 5.75 Å². The van der Waals surface area contributed by atoms with Crippen molar-refractivity contribution in [1.29, 1.82) is 0 Å². The molecule has 2 aromatic rings. The molecular weight excluding hydrogens is 389 g/mol. The van der Waals surface area contributed by atoms with Crippen molar-refractivity contribution in [2.24, 2.45) is 0 Å². The van der Waals surface area contributed by atoms with Crippen LogP contribution in [0.3, 0.4) is 0 Å². The minimum Gasteiger partial charge on any atom is -0.489 e. The van der Waals surface area contributed by atoms with Gasteiger partial charge in [0.25, 0.3) is 0 Å². The zero-order valence-electron chi connectivity index (χ0n) is 14.7. The van der Waals surface area contributed by atoms with Gasteiger partial charge in [-0.15, -0.1) is 0 Å². The van der Waals surface area contributed by atoms with Gasteiger partial charge in [0.1, 0.15) is 12.4 Å². The molecule has 1 fully saturated rings. The molecule has 2 aromatic carbocycles. The molecule has 3 rings (SSSR count). The summed E-state index contributed by atoms with van der Waals surface area (Å²) in [6, 6.07) is 11.9. The molecule has 26 heavy (non-hydrogen) atoms. The molecular formula is C21H24Cl3NO. The van der Waals surface area contributed by atoms with E-state index >= 15 is 0 Å². The molecule has 1 saturated carbocycles. The van der Waals surface area contributed by atoms with Gasteiger partial charge in [-0.3, -0.25) is 0 Å². The third-order valence-electron chi connectivity index (χ3n) is 4.84. The summed E-state index contributed by atoms with van der Waals surface area (Å²) in [5, 5.41) is 5.50. The standard InChI is InChI=1S/C21H24Cl3NO/c22-17-8-10-21(26-14-15-7-9-19(23)20(24)11-15)16(12-17)13-25-18-5-3-1-2-4-6-18/h7-12,18,25H,1-6,13-14H2. The molecule has 5 heteroatoms. The van der Waals surface area contributed by atoms with Crippen molar-refractivity contribution in [2.75, 3.05) is 0 Å². The zero-order valence-corrected chi connectivity index (χ0v) is 17.0. The summed E-state index contributed by atoms with van der Waals surface area (Å²) in [5.41, 5.74) is 2.07. The first-order valence-corrected chi connectivity index (χ1v) is 10.3. The first kappa shape index (κ1) is 19.8. The molecule has 140 valence electrons. The minimum atomic E-state index is 0.439. The number of benzene rings is 2. The molecule has 0 atom stereocenters. The highest BCUT2D eigenvalue weighted by Gasteiger charge is 2.13. The lowest BCUT2D eigenvalue weighted by atomic mass is 10.1. The van der Waals surface area contributed by atoms with E-state index in [-0.39, 0.29) is 0 Å². The smallest absolute Gasteiger partial charge is 0.124 e. The van der Waals surface area contributed by atoms with E-state index in [1.54, 1.807) is 6.07 Å². The summed E-state index contributed by atoms with van der Waals surface area (Å²) in [5.74, 6) is 0.849. The average Bonchev–Trinajstić information content (AvgIpc) is 2.91. The maximum atomic E-state index is 6.20. The van der Waals surface area contributed by atoms with Crippen molar-refractivity contribution >= 4 is 34.8 Å². The second-order valence-corrected chi connectivity index (χ2v) is 8.11. The van der Waals surface area contributed by atoms with Crippen LogP contribution < -0.4 is 10.1 Å². The van der Waals surface area contributed by atoms with E-state index in [4.69, 9.17) is 39.5 Å². The maximum absolute atomic E-state index is 6.20. The highest BCUT2D eigenvalue weighted by molar-refractivity contribution is 6.42. The average molecular weight is 413 g/mol. The molecule has 1 N–H and O–H groups in total. The molecule has 0 radical (unpaired) electrons. The summed E-state index contributed by atoms with van der Waals surface area (Å²) >= 11 is 18.3. The molecule has 0 amide bonds. The van der Waals surface area contributed by atoms with Crippen LogP contribution in [0.15, 0.2) is 36.4 Å². The number of rotatable bonds is 6. The second-order valence-electron chi connectivity index (χ2n) is 6.86. The summed E-state index contributed by atoms with van der Waals surface area (Å²) < 4.78 is 6.04. The van der Waals surface area contributed by atoms with E-state index in [0.717, 1.165) is 28.4 Å². The van der Waals surface area contributed by atoms with Gasteiger partial charge in [-0.05, 0) is 48.7 Å². The summed E-state index contributed by atoms with van der Waals surface area (Å²) in [6.07, 6.45) is 7.84. The monoisotopic (exact) mass is 411 g/mol. The van der Waals surface area contributed by atoms with Gasteiger partial charge in [-0.25, -0.2) is 0 Å². The number of hydrogen-bond donors (Lipinski definition) is 1. The fourth-order valence-corrected chi connectivity index (χ4v) is 3.87. The lowest BCUT2D eigenvalue weighted by molar-refractivity contribution is 0.301. The summed E-state index contributed by atoms with van der Waals surface area (Å²) in [7, 11) is 0. The fraction of sp³-hybridized carbons (Fsp3) is 0.429. The first-order valence-electron chi connectivity index (χ1n) is 9.20. The first-order chi connectivity index (χ1) is 12.6. The third kappa shape index (κ3) is 5.79. The largest absolute Gasteiger partial charge is 0.489 e. The zero-order chi connectivity index (χ0) is 18.4. The maximum Gasteiger partial charge on any atom is 0.124 e. The molecule has 0 spiro atoms.